The highest BCUT2D eigenvalue weighted by molar-refractivity contribution is 5.76. The molecule has 0 amide bonds. The van der Waals surface area contributed by atoms with Crippen LogP contribution < -0.4 is 0 Å². The van der Waals surface area contributed by atoms with Gasteiger partial charge in [0.25, 0.3) is 0 Å². The number of hydrogen-bond donors (Lipinski definition) is 3. The molecule has 0 rings (SSSR count). The second kappa shape index (κ2) is 11.0. The van der Waals surface area contributed by atoms with Gasteiger partial charge < -0.3 is 24.8 Å². The summed E-state index contributed by atoms with van der Waals surface area (Å²) < 4.78 is 183. The summed E-state index contributed by atoms with van der Waals surface area (Å²) in [4.78, 5) is 33.3. The third-order valence-electron chi connectivity index (χ3n) is 4.24. The van der Waals surface area contributed by atoms with Gasteiger partial charge in [-0.2, -0.15) is 61.5 Å². The Kier molecular flexibility index (Phi) is 10.2. The molecule has 0 aromatic heterocycles. The van der Waals surface area contributed by atoms with Gasteiger partial charge in [0.1, 0.15) is 0 Å². The molecule has 0 bridgehead atoms. The highest BCUT2D eigenvalue weighted by atomic mass is 19.4. The highest BCUT2D eigenvalue weighted by Gasteiger charge is 2.76. The van der Waals surface area contributed by atoms with Crippen molar-refractivity contribution in [3.63, 3.8) is 0 Å². The lowest BCUT2D eigenvalue weighted by Crippen LogP contribution is -2.55. The molecule has 0 aliphatic carbocycles. The smallest absolute Gasteiger partial charge is 0.462 e. The van der Waals surface area contributed by atoms with E-state index in [2.05, 4.69) is 9.47 Å². The third-order valence-corrected chi connectivity index (χ3v) is 4.24. The first kappa shape index (κ1) is 34.4. The number of carbonyl (C=O) groups is 3. The van der Waals surface area contributed by atoms with E-state index in [9.17, 15) is 75.8 Å². The lowest BCUT2D eigenvalue weighted by molar-refractivity contribution is -0.430. The molecule has 0 aliphatic heterocycles. The normalized spacial score (nSPS) is 16.7. The van der Waals surface area contributed by atoms with Crippen LogP contribution in [0.1, 0.15) is 12.8 Å². The molecule has 0 aromatic carbocycles. The Hall–Kier alpha value is -2.65. The molecule has 3 atom stereocenters. The summed E-state index contributed by atoms with van der Waals surface area (Å²) in [5.41, 5.74) is 0. The summed E-state index contributed by atoms with van der Waals surface area (Å²) in [6.45, 7) is -2.33. The largest absolute Gasteiger partial charge is 0.481 e. The molecule has 3 unspecified atom stereocenters. The van der Waals surface area contributed by atoms with Crippen molar-refractivity contribution in [2.45, 2.75) is 55.4 Å². The molecule has 0 aromatic rings. The zero-order chi connectivity index (χ0) is 30.0. The Morgan fingerprint density at radius 2 is 0.946 bits per heavy atom. The molecule has 0 fully saturated rings. The second-order valence-corrected chi connectivity index (χ2v) is 6.98. The molecule has 0 spiro atoms. The molecule has 218 valence electrons. The fraction of sp³-hybridized carbons (Fsp3) is 0.800. The van der Waals surface area contributed by atoms with Gasteiger partial charge in [0.2, 0.25) is 0 Å². The number of hydrogen-bond acceptors (Lipinski definition) is 5. The van der Waals surface area contributed by atoms with E-state index < -0.39 is 91.7 Å². The van der Waals surface area contributed by atoms with Crippen LogP contribution in [0.4, 0.5) is 61.5 Å². The van der Waals surface area contributed by atoms with Gasteiger partial charge in [-0.25, -0.2) is 4.79 Å². The summed E-state index contributed by atoms with van der Waals surface area (Å²) in [5, 5.41) is 26.6. The summed E-state index contributed by atoms with van der Waals surface area (Å²) in [6, 6.07) is 0. The molecule has 8 nitrogen and oxygen atoms in total. The summed E-state index contributed by atoms with van der Waals surface area (Å²) in [7, 11) is 0. The molecule has 0 saturated heterocycles. The van der Waals surface area contributed by atoms with Crippen molar-refractivity contribution in [2.75, 3.05) is 6.61 Å². The van der Waals surface area contributed by atoms with Crippen molar-refractivity contribution < 1.29 is 101 Å². The summed E-state index contributed by atoms with van der Waals surface area (Å²) >= 11 is 0. The van der Waals surface area contributed by atoms with Crippen molar-refractivity contribution in [1.82, 2.24) is 0 Å². The Morgan fingerprint density at radius 1 is 0.568 bits per heavy atom. The lowest BCUT2D eigenvalue weighted by atomic mass is 9.90. The van der Waals surface area contributed by atoms with Crippen LogP contribution in [-0.4, -0.2) is 82.4 Å². The fourth-order valence-corrected chi connectivity index (χ4v) is 2.22. The van der Waals surface area contributed by atoms with E-state index in [0.29, 0.717) is 0 Å². The molecule has 0 heterocycles. The first-order valence-corrected chi connectivity index (χ1v) is 8.77. The van der Waals surface area contributed by atoms with Gasteiger partial charge >= 0.3 is 54.3 Å². The van der Waals surface area contributed by atoms with Gasteiger partial charge in [-0.3, -0.25) is 9.59 Å². The Morgan fingerprint density at radius 3 is 1.27 bits per heavy atom. The van der Waals surface area contributed by atoms with Crippen LogP contribution in [0.2, 0.25) is 0 Å². The minimum Gasteiger partial charge on any atom is -0.481 e. The van der Waals surface area contributed by atoms with E-state index in [-0.39, 0.29) is 0 Å². The van der Waals surface area contributed by atoms with Crippen LogP contribution in [0.15, 0.2) is 0 Å². The minimum atomic E-state index is -7.04. The van der Waals surface area contributed by atoms with Crippen molar-refractivity contribution in [2.24, 2.45) is 11.8 Å². The first-order valence-electron chi connectivity index (χ1n) is 8.77. The number of ether oxygens (including phenoxy) is 2. The number of aliphatic carboxylic acids is 3. The minimum absolute atomic E-state index is 1.79. The van der Waals surface area contributed by atoms with E-state index in [1.807, 2.05) is 0 Å². The van der Waals surface area contributed by atoms with E-state index >= 15 is 0 Å². The van der Waals surface area contributed by atoms with Gasteiger partial charge in [-0.1, -0.05) is 0 Å². The average molecular weight is 586 g/mol. The highest BCUT2D eigenvalue weighted by Crippen LogP contribution is 2.48. The van der Waals surface area contributed by atoms with Crippen molar-refractivity contribution >= 4 is 17.9 Å². The molecule has 0 radical (unpaired) electrons. The van der Waals surface area contributed by atoms with Gasteiger partial charge in [0, 0.05) is 0 Å². The van der Waals surface area contributed by atoms with Crippen LogP contribution in [0.3, 0.4) is 0 Å². The first-order chi connectivity index (χ1) is 16.1. The molecular weight excluding hydrogens is 574 g/mol. The lowest BCUT2D eigenvalue weighted by Gasteiger charge is -2.31. The van der Waals surface area contributed by atoms with Gasteiger partial charge in [0.05, 0.1) is 18.4 Å². The van der Waals surface area contributed by atoms with Crippen molar-refractivity contribution in [1.29, 1.82) is 0 Å². The maximum Gasteiger partial charge on any atom is 0.462 e. The molecule has 37 heavy (non-hydrogen) atoms. The maximum absolute atomic E-state index is 13.3. The second-order valence-electron chi connectivity index (χ2n) is 6.98. The van der Waals surface area contributed by atoms with Crippen molar-refractivity contribution in [3.8, 4) is 0 Å². The van der Waals surface area contributed by atoms with E-state index in [1.54, 1.807) is 0 Å². The van der Waals surface area contributed by atoms with Gasteiger partial charge in [-0.15, -0.1) is 0 Å². The SMILES string of the molecule is O=C(O)C(COC(F)(F)C(F)(F)C(F)(F)F)CC(CC(OC(F)(F)C(F)(F)C(F)(F)F)C(=O)O)C(=O)O. The van der Waals surface area contributed by atoms with Crippen LogP contribution in [0.25, 0.3) is 0 Å². The standard InChI is InChI=1S/C15H12F14O8/c16-10(17,12(20,21)22)14(26,27)36-3-5(8(32)33)1-4(7(30)31)2-6(9(34)35)37-15(28,29)11(18,19)13(23,24)25/h4-6H,1-3H2,(H,30,31)(H,32,33)(H,34,35). The summed E-state index contributed by atoms with van der Waals surface area (Å²) in [6.07, 6.45) is -34.5. The van der Waals surface area contributed by atoms with Gasteiger partial charge in [0.15, 0.2) is 6.10 Å². The van der Waals surface area contributed by atoms with Crippen LogP contribution in [-0.2, 0) is 23.9 Å². The van der Waals surface area contributed by atoms with Gasteiger partial charge in [-0.05, 0) is 12.8 Å². The zero-order valence-corrected chi connectivity index (χ0v) is 17.0. The quantitative estimate of drug-likeness (QED) is 0.258. The molecular formula is C15H12F14O8. The number of carboxylic acids is 3. The topological polar surface area (TPSA) is 130 Å². The Balaban J connectivity index is 5.86. The number of alkyl halides is 14. The third kappa shape index (κ3) is 7.92. The molecule has 0 saturated carbocycles. The number of carboxylic acid groups (broad SMARTS) is 3. The number of rotatable bonds is 14. The van der Waals surface area contributed by atoms with Crippen molar-refractivity contribution in [3.05, 3.63) is 0 Å². The van der Waals surface area contributed by atoms with E-state index in [4.69, 9.17) is 15.3 Å². The Bertz CT molecular complexity index is 838. The van der Waals surface area contributed by atoms with Crippen LogP contribution in [0, 0.1) is 11.8 Å². The summed E-state index contributed by atoms with van der Waals surface area (Å²) in [5.74, 6) is -27.2. The maximum atomic E-state index is 13.3. The molecule has 3 N–H and O–H groups in total. The van der Waals surface area contributed by atoms with E-state index in [1.165, 1.54) is 0 Å². The molecule has 0 aliphatic rings. The predicted molar refractivity (Wildman–Crippen MR) is 81.8 cm³/mol. The van der Waals surface area contributed by atoms with Crippen LogP contribution >= 0.6 is 0 Å². The predicted octanol–water partition coefficient (Wildman–Crippen LogP) is 4.24. The average Bonchev–Trinajstić information content (AvgIpc) is 2.66. The van der Waals surface area contributed by atoms with E-state index in [0.717, 1.165) is 0 Å². The Labute approximate surface area is 193 Å². The number of halogens is 14. The monoisotopic (exact) mass is 586 g/mol. The zero-order valence-electron chi connectivity index (χ0n) is 17.0. The molecule has 22 heteroatoms. The van der Waals surface area contributed by atoms with Crippen LogP contribution in [0.5, 0.6) is 0 Å². The fourth-order valence-electron chi connectivity index (χ4n) is 2.22.